The molecule has 7 heteroatoms. The predicted molar refractivity (Wildman–Crippen MR) is 106 cm³/mol. The van der Waals surface area contributed by atoms with Crippen molar-refractivity contribution in [3.8, 4) is 5.75 Å². The number of hydrogen-bond acceptors (Lipinski definition) is 6. The Hall–Kier alpha value is -2.83. The Kier molecular flexibility index (Phi) is 4.07. The van der Waals surface area contributed by atoms with Crippen molar-refractivity contribution < 1.29 is 4.74 Å². The standard InChI is InChI=1S/C20H24N6O/c1-27-16-7-3-2-6-15(16)24-10-12-25(13-11-24)19-18-20(22-14-21-19)26-9-5-4-8-17(26)23-18/h2-3,6-7,14H,4-5,8-13H2,1H3. The van der Waals surface area contributed by atoms with E-state index in [1.807, 2.05) is 12.1 Å². The van der Waals surface area contributed by atoms with Crippen LogP contribution in [0.2, 0.25) is 0 Å². The highest BCUT2D eigenvalue weighted by molar-refractivity contribution is 5.84. The number of piperazine rings is 1. The van der Waals surface area contributed by atoms with Crippen LogP contribution >= 0.6 is 0 Å². The van der Waals surface area contributed by atoms with E-state index >= 15 is 0 Å². The summed E-state index contributed by atoms with van der Waals surface area (Å²) in [6.45, 7) is 4.70. The minimum Gasteiger partial charge on any atom is -0.495 e. The molecular weight excluding hydrogens is 340 g/mol. The Balaban J connectivity index is 1.40. The lowest BCUT2D eigenvalue weighted by atomic mass is 10.2. The molecule has 0 unspecified atom stereocenters. The summed E-state index contributed by atoms with van der Waals surface area (Å²) in [6, 6.07) is 8.22. The third-order valence-electron chi connectivity index (χ3n) is 5.63. The van der Waals surface area contributed by atoms with Crippen LogP contribution in [0.5, 0.6) is 5.75 Å². The van der Waals surface area contributed by atoms with Gasteiger partial charge in [-0.1, -0.05) is 12.1 Å². The molecule has 0 amide bonds. The zero-order valence-corrected chi connectivity index (χ0v) is 15.6. The lowest BCUT2D eigenvalue weighted by molar-refractivity contribution is 0.413. The van der Waals surface area contributed by atoms with E-state index in [4.69, 9.17) is 9.72 Å². The Morgan fingerprint density at radius 2 is 1.74 bits per heavy atom. The summed E-state index contributed by atoms with van der Waals surface area (Å²) in [5.41, 5.74) is 3.10. The van der Waals surface area contributed by atoms with Crippen molar-refractivity contribution in [2.24, 2.45) is 0 Å². The second kappa shape index (κ2) is 6.72. The van der Waals surface area contributed by atoms with Crippen molar-refractivity contribution in [3.05, 3.63) is 36.4 Å². The summed E-state index contributed by atoms with van der Waals surface area (Å²) in [7, 11) is 1.73. The zero-order chi connectivity index (χ0) is 18.2. The van der Waals surface area contributed by atoms with Crippen LogP contribution in [-0.4, -0.2) is 52.8 Å². The van der Waals surface area contributed by atoms with Crippen LogP contribution in [-0.2, 0) is 13.0 Å². The molecule has 7 nitrogen and oxygen atoms in total. The Bertz CT molecular complexity index is 960. The van der Waals surface area contributed by atoms with Gasteiger partial charge in [-0.05, 0) is 25.0 Å². The van der Waals surface area contributed by atoms with Crippen LogP contribution in [0.25, 0.3) is 11.2 Å². The Morgan fingerprint density at radius 3 is 2.59 bits per heavy atom. The highest BCUT2D eigenvalue weighted by Crippen LogP contribution is 2.31. The third kappa shape index (κ3) is 2.78. The first-order chi connectivity index (χ1) is 13.3. The van der Waals surface area contributed by atoms with E-state index in [1.165, 1.54) is 12.8 Å². The summed E-state index contributed by atoms with van der Waals surface area (Å²) in [6.07, 6.45) is 5.14. The smallest absolute Gasteiger partial charge is 0.165 e. The molecule has 0 N–H and O–H groups in total. The van der Waals surface area contributed by atoms with Gasteiger partial charge in [0.15, 0.2) is 17.0 Å². The van der Waals surface area contributed by atoms with Crippen molar-refractivity contribution >= 4 is 22.7 Å². The molecule has 27 heavy (non-hydrogen) atoms. The van der Waals surface area contributed by atoms with E-state index in [-0.39, 0.29) is 0 Å². The maximum atomic E-state index is 5.53. The van der Waals surface area contributed by atoms with Crippen molar-refractivity contribution in [2.75, 3.05) is 43.1 Å². The molecular formula is C20H24N6O. The van der Waals surface area contributed by atoms with Gasteiger partial charge in [-0.3, -0.25) is 0 Å². The maximum Gasteiger partial charge on any atom is 0.165 e. The van der Waals surface area contributed by atoms with E-state index in [0.717, 1.165) is 73.4 Å². The van der Waals surface area contributed by atoms with Crippen molar-refractivity contribution in [2.45, 2.75) is 25.8 Å². The minimum absolute atomic E-state index is 0.909. The number of para-hydroxylation sites is 2. The van der Waals surface area contributed by atoms with Gasteiger partial charge in [0.05, 0.1) is 12.8 Å². The van der Waals surface area contributed by atoms with E-state index in [0.29, 0.717) is 0 Å². The number of aryl methyl sites for hydroxylation is 2. The number of benzene rings is 1. The molecule has 2 aliphatic rings. The molecule has 2 aliphatic heterocycles. The Labute approximate surface area is 158 Å². The fourth-order valence-corrected chi connectivity index (χ4v) is 4.23. The molecule has 140 valence electrons. The Morgan fingerprint density at radius 1 is 0.926 bits per heavy atom. The first-order valence-electron chi connectivity index (χ1n) is 9.68. The van der Waals surface area contributed by atoms with Gasteiger partial charge in [0.1, 0.15) is 17.9 Å². The molecule has 1 saturated heterocycles. The monoisotopic (exact) mass is 364 g/mol. The fourth-order valence-electron chi connectivity index (χ4n) is 4.23. The number of ether oxygens (including phenoxy) is 1. The summed E-state index contributed by atoms with van der Waals surface area (Å²) in [5.74, 6) is 3.06. The minimum atomic E-state index is 0.909. The topological polar surface area (TPSA) is 59.3 Å². The summed E-state index contributed by atoms with van der Waals surface area (Å²) < 4.78 is 7.80. The van der Waals surface area contributed by atoms with Crippen molar-refractivity contribution in [3.63, 3.8) is 0 Å². The van der Waals surface area contributed by atoms with E-state index in [1.54, 1.807) is 13.4 Å². The summed E-state index contributed by atoms with van der Waals surface area (Å²) in [5, 5.41) is 0. The van der Waals surface area contributed by atoms with Gasteiger partial charge in [-0.15, -0.1) is 0 Å². The van der Waals surface area contributed by atoms with Crippen molar-refractivity contribution in [1.82, 2.24) is 19.5 Å². The number of aromatic nitrogens is 4. The number of fused-ring (bicyclic) bond motifs is 3. The van der Waals surface area contributed by atoms with Gasteiger partial charge < -0.3 is 19.1 Å². The van der Waals surface area contributed by atoms with E-state index < -0.39 is 0 Å². The maximum absolute atomic E-state index is 5.53. The highest BCUT2D eigenvalue weighted by Gasteiger charge is 2.25. The average Bonchev–Trinajstić information content (AvgIpc) is 3.13. The third-order valence-corrected chi connectivity index (χ3v) is 5.63. The van der Waals surface area contributed by atoms with Crippen LogP contribution in [0.15, 0.2) is 30.6 Å². The summed E-state index contributed by atoms with van der Waals surface area (Å²) in [4.78, 5) is 18.8. The van der Waals surface area contributed by atoms with Gasteiger partial charge in [0.2, 0.25) is 0 Å². The van der Waals surface area contributed by atoms with E-state index in [9.17, 15) is 0 Å². The average molecular weight is 364 g/mol. The molecule has 0 radical (unpaired) electrons. The molecule has 4 heterocycles. The molecule has 5 rings (SSSR count). The number of methoxy groups -OCH3 is 1. The van der Waals surface area contributed by atoms with E-state index in [2.05, 4.69) is 36.5 Å². The second-order valence-corrected chi connectivity index (χ2v) is 7.15. The number of nitrogens with zero attached hydrogens (tertiary/aromatic N) is 6. The van der Waals surface area contributed by atoms with Gasteiger partial charge in [0.25, 0.3) is 0 Å². The van der Waals surface area contributed by atoms with Crippen LogP contribution in [0.4, 0.5) is 11.5 Å². The molecule has 1 aromatic carbocycles. The van der Waals surface area contributed by atoms with Crippen LogP contribution in [0.1, 0.15) is 18.7 Å². The van der Waals surface area contributed by atoms with Gasteiger partial charge in [-0.25, -0.2) is 15.0 Å². The first kappa shape index (κ1) is 16.4. The number of imidazole rings is 1. The largest absolute Gasteiger partial charge is 0.495 e. The first-order valence-corrected chi connectivity index (χ1v) is 9.68. The summed E-state index contributed by atoms with van der Waals surface area (Å²) >= 11 is 0. The lowest BCUT2D eigenvalue weighted by Gasteiger charge is -2.37. The van der Waals surface area contributed by atoms with Crippen LogP contribution in [0, 0.1) is 0 Å². The predicted octanol–water partition coefficient (Wildman–Crippen LogP) is 2.50. The second-order valence-electron chi connectivity index (χ2n) is 7.15. The lowest BCUT2D eigenvalue weighted by Crippen LogP contribution is -2.47. The van der Waals surface area contributed by atoms with Gasteiger partial charge in [-0.2, -0.15) is 0 Å². The van der Waals surface area contributed by atoms with Crippen molar-refractivity contribution in [1.29, 1.82) is 0 Å². The van der Waals surface area contributed by atoms with Crippen LogP contribution in [0.3, 0.4) is 0 Å². The molecule has 3 aromatic rings. The van der Waals surface area contributed by atoms with Gasteiger partial charge >= 0.3 is 0 Å². The SMILES string of the molecule is COc1ccccc1N1CCN(c2ncnc3c2nc2n3CCCC2)CC1. The molecule has 1 fully saturated rings. The van der Waals surface area contributed by atoms with Crippen LogP contribution < -0.4 is 14.5 Å². The number of hydrogen-bond donors (Lipinski definition) is 0. The molecule has 0 atom stereocenters. The molecule has 0 spiro atoms. The molecule has 2 aromatic heterocycles. The normalized spacial score (nSPS) is 17.2. The quantitative estimate of drug-likeness (QED) is 0.712. The van der Waals surface area contributed by atoms with Gasteiger partial charge in [0, 0.05) is 39.1 Å². The number of rotatable bonds is 3. The number of anilines is 2. The fraction of sp³-hybridized carbons (Fsp3) is 0.450. The zero-order valence-electron chi connectivity index (χ0n) is 15.6. The highest BCUT2D eigenvalue weighted by atomic mass is 16.5. The molecule has 0 aliphatic carbocycles. The molecule has 0 saturated carbocycles. The molecule has 0 bridgehead atoms.